The van der Waals surface area contributed by atoms with Crippen LogP contribution in [-0.2, 0) is 0 Å². The SMILES string of the molecule is Cc1ccc(C(=O)N2CCN(c3ccc(Cl)cc3[N+](=O)[O-])CC2)cn1. The molecule has 8 heteroatoms. The van der Waals surface area contributed by atoms with Gasteiger partial charge in [-0.25, -0.2) is 0 Å². The number of anilines is 1. The molecule has 1 aromatic carbocycles. The number of rotatable bonds is 3. The number of benzene rings is 1. The van der Waals surface area contributed by atoms with E-state index in [0.717, 1.165) is 5.69 Å². The van der Waals surface area contributed by atoms with Crippen LogP contribution >= 0.6 is 11.6 Å². The molecule has 1 aliphatic heterocycles. The average Bonchev–Trinajstić information content (AvgIpc) is 2.62. The Morgan fingerprint density at radius 2 is 1.92 bits per heavy atom. The number of nitro benzene ring substituents is 1. The molecular formula is C17H17ClN4O3. The van der Waals surface area contributed by atoms with Crippen LogP contribution in [-0.4, -0.2) is 46.9 Å². The number of nitrogens with zero attached hydrogens (tertiary/aromatic N) is 4. The smallest absolute Gasteiger partial charge is 0.294 e. The van der Waals surface area contributed by atoms with Gasteiger partial charge in [0, 0.05) is 49.2 Å². The van der Waals surface area contributed by atoms with E-state index in [9.17, 15) is 14.9 Å². The Morgan fingerprint density at radius 1 is 1.20 bits per heavy atom. The maximum Gasteiger partial charge on any atom is 0.294 e. The van der Waals surface area contributed by atoms with E-state index < -0.39 is 4.92 Å². The van der Waals surface area contributed by atoms with Gasteiger partial charge in [0.1, 0.15) is 5.69 Å². The molecule has 3 rings (SSSR count). The largest absolute Gasteiger partial charge is 0.362 e. The predicted molar refractivity (Wildman–Crippen MR) is 95.2 cm³/mol. The van der Waals surface area contributed by atoms with Crippen molar-refractivity contribution in [3.63, 3.8) is 0 Å². The summed E-state index contributed by atoms with van der Waals surface area (Å²) in [6.45, 7) is 3.89. The first kappa shape index (κ1) is 17.2. The lowest BCUT2D eigenvalue weighted by Crippen LogP contribution is -2.49. The number of nitro groups is 1. The van der Waals surface area contributed by atoms with Crippen molar-refractivity contribution >= 4 is 28.9 Å². The molecule has 130 valence electrons. The van der Waals surface area contributed by atoms with Crippen molar-refractivity contribution in [2.24, 2.45) is 0 Å². The summed E-state index contributed by atoms with van der Waals surface area (Å²) in [6, 6.07) is 8.22. The number of hydrogen-bond acceptors (Lipinski definition) is 5. The van der Waals surface area contributed by atoms with Crippen LogP contribution in [0.2, 0.25) is 5.02 Å². The molecule has 0 N–H and O–H groups in total. The third kappa shape index (κ3) is 3.71. The molecule has 0 aliphatic carbocycles. The fourth-order valence-corrected chi connectivity index (χ4v) is 3.00. The van der Waals surface area contributed by atoms with Gasteiger partial charge in [0.2, 0.25) is 0 Å². The number of carbonyl (C=O) groups is 1. The Morgan fingerprint density at radius 3 is 2.52 bits per heavy atom. The zero-order valence-electron chi connectivity index (χ0n) is 13.7. The number of amides is 1. The van der Waals surface area contributed by atoms with Crippen molar-refractivity contribution in [3.05, 3.63) is 62.9 Å². The Labute approximate surface area is 150 Å². The fraction of sp³-hybridized carbons (Fsp3) is 0.294. The third-order valence-electron chi connectivity index (χ3n) is 4.20. The van der Waals surface area contributed by atoms with E-state index in [2.05, 4.69) is 4.98 Å². The molecule has 0 atom stereocenters. The van der Waals surface area contributed by atoms with Crippen molar-refractivity contribution < 1.29 is 9.72 Å². The Balaban J connectivity index is 1.71. The standard InChI is InChI=1S/C17H17ClN4O3/c1-12-2-3-13(11-19-12)17(23)21-8-6-20(7-9-21)15-5-4-14(18)10-16(15)22(24)25/h2-5,10-11H,6-9H2,1H3. The van der Waals surface area contributed by atoms with Gasteiger partial charge in [0.15, 0.2) is 0 Å². The van der Waals surface area contributed by atoms with Gasteiger partial charge in [-0.2, -0.15) is 0 Å². The highest BCUT2D eigenvalue weighted by molar-refractivity contribution is 6.30. The molecule has 0 radical (unpaired) electrons. The monoisotopic (exact) mass is 360 g/mol. The van der Waals surface area contributed by atoms with Gasteiger partial charge in [-0.3, -0.25) is 19.9 Å². The van der Waals surface area contributed by atoms with Crippen LogP contribution in [0.4, 0.5) is 11.4 Å². The molecule has 2 heterocycles. The first-order chi connectivity index (χ1) is 12.0. The minimum Gasteiger partial charge on any atom is -0.362 e. The van der Waals surface area contributed by atoms with E-state index in [-0.39, 0.29) is 11.6 Å². The maximum absolute atomic E-state index is 12.5. The number of aryl methyl sites for hydroxylation is 1. The molecule has 0 bridgehead atoms. The van der Waals surface area contributed by atoms with Gasteiger partial charge in [-0.15, -0.1) is 0 Å². The summed E-state index contributed by atoms with van der Waals surface area (Å²) in [7, 11) is 0. The van der Waals surface area contributed by atoms with Gasteiger partial charge in [0.25, 0.3) is 11.6 Å². The highest BCUT2D eigenvalue weighted by Crippen LogP contribution is 2.31. The normalized spacial score (nSPS) is 14.5. The number of halogens is 1. The van der Waals surface area contributed by atoms with Crippen molar-refractivity contribution in [2.45, 2.75) is 6.92 Å². The van der Waals surface area contributed by atoms with Crippen LogP contribution in [0.3, 0.4) is 0 Å². The first-order valence-corrected chi connectivity index (χ1v) is 8.24. The van der Waals surface area contributed by atoms with Crippen molar-refractivity contribution in [3.8, 4) is 0 Å². The highest BCUT2D eigenvalue weighted by atomic mass is 35.5. The van der Waals surface area contributed by atoms with E-state index in [1.807, 2.05) is 11.8 Å². The van der Waals surface area contributed by atoms with E-state index in [4.69, 9.17) is 11.6 Å². The van der Waals surface area contributed by atoms with Crippen LogP contribution < -0.4 is 4.90 Å². The van der Waals surface area contributed by atoms with Gasteiger partial charge >= 0.3 is 0 Å². The fourth-order valence-electron chi connectivity index (χ4n) is 2.84. The van der Waals surface area contributed by atoms with E-state index in [0.29, 0.717) is 42.5 Å². The molecule has 7 nitrogen and oxygen atoms in total. The lowest BCUT2D eigenvalue weighted by atomic mass is 10.2. The minimum absolute atomic E-state index is 0.0185. The lowest BCUT2D eigenvalue weighted by Gasteiger charge is -2.35. The van der Waals surface area contributed by atoms with Gasteiger partial charge < -0.3 is 9.80 Å². The van der Waals surface area contributed by atoms with E-state index >= 15 is 0 Å². The summed E-state index contributed by atoms with van der Waals surface area (Å²) >= 11 is 5.86. The topological polar surface area (TPSA) is 79.6 Å². The Bertz CT molecular complexity index is 802. The van der Waals surface area contributed by atoms with Crippen LogP contribution in [0.1, 0.15) is 16.1 Å². The van der Waals surface area contributed by atoms with Crippen molar-refractivity contribution in [1.82, 2.24) is 9.88 Å². The van der Waals surface area contributed by atoms with Gasteiger partial charge in [-0.1, -0.05) is 11.6 Å². The van der Waals surface area contributed by atoms with Gasteiger partial charge in [0.05, 0.1) is 10.5 Å². The van der Waals surface area contributed by atoms with Crippen LogP contribution in [0, 0.1) is 17.0 Å². The van der Waals surface area contributed by atoms with E-state index in [1.165, 1.54) is 6.07 Å². The highest BCUT2D eigenvalue weighted by Gasteiger charge is 2.26. The molecule has 1 aliphatic rings. The molecule has 1 amide bonds. The predicted octanol–water partition coefficient (Wildman–Crippen LogP) is 2.91. The molecule has 0 unspecified atom stereocenters. The third-order valence-corrected chi connectivity index (χ3v) is 4.44. The molecule has 1 aromatic heterocycles. The number of hydrogen-bond donors (Lipinski definition) is 0. The van der Waals surface area contributed by atoms with Crippen molar-refractivity contribution in [1.29, 1.82) is 0 Å². The molecule has 25 heavy (non-hydrogen) atoms. The summed E-state index contributed by atoms with van der Waals surface area (Å²) < 4.78 is 0. The van der Waals surface area contributed by atoms with Crippen LogP contribution in [0.25, 0.3) is 0 Å². The average molecular weight is 361 g/mol. The van der Waals surface area contributed by atoms with Gasteiger partial charge in [-0.05, 0) is 31.2 Å². The minimum atomic E-state index is -0.434. The lowest BCUT2D eigenvalue weighted by molar-refractivity contribution is -0.384. The summed E-state index contributed by atoms with van der Waals surface area (Å²) in [5.74, 6) is -0.0715. The molecule has 1 saturated heterocycles. The molecular weight excluding hydrogens is 344 g/mol. The molecule has 0 spiro atoms. The maximum atomic E-state index is 12.5. The first-order valence-electron chi connectivity index (χ1n) is 7.86. The number of piperazine rings is 1. The second kappa shape index (κ2) is 7.06. The molecule has 0 saturated carbocycles. The molecule has 2 aromatic rings. The summed E-state index contributed by atoms with van der Waals surface area (Å²) in [5, 5.41) is 11.6. The summed E-state index contributed by atoms with van der Waals surface area (Å²) in [5.41, 5.74) is 1.92. The second-order valence-electron chi connectivity index (χ2n) is 5.86. The zero-order valence-corrected chi connectivity index (χ0v) is 14.4. The summed E-state index contributed by atoms with van der Waals surface area (Å²) in [4.78, 5) is 31.1. The second-order valence-corrected chi connectivity index (χ2v) is 6.29. The number of aromatic nitrogens is 1. The quantitative estimate of drug-likeness (QED) is 0.621. The Kier molecular flexibility index (Phi) is 4.85. The summed E-state index contributed by atoms with van der Waals surface area (Å²) in [6.07, 6.45) is 1.58. The van der Waals surface area contributed by atoms with E-state index in [1.54, 1.807) is 35.4 Å². The zero-order chi connectivity index (χ0) is 18.0. The van der Waals surface area contributed by atoms with Crippen LogP contribution in [0.15, 0.2) is 36.5 Å². The van der Waals surface area contributed by atoms with Crippen LogP contribution in [0.5, 0.6) is 0 Å². The number of carbonyl (C=O) groups excluding carboxylic acids is 1. The number of pyridine rings is 1. The van der Waals surface area contributed by atoms with Crippen molar-refractivity contribution in [2.75, 3.05) is 31.1 Å². The molecule has 1 fully saturated rings. The Hall–Kier alpha value is -2.67.